The lowest BCUT2D eigenvalue weighted by Gasteiger charge is -2.09. The molecule has 0 aromatic carbocycles. The minimum absolute atomic E-state index is 0.0691. The van der Waals surface area contributed by atoms with E-state index in [1.54, 1.807) is 6.08 Å². The van der Waals surface area contributed by atoms with Crippen LogP contribution >= 0.6 is 23.6 Å². The Morgan fingerprint density at radius 3 is 2.81 bits per heavy atom. The highest BCUT2D eigenvalue weighted by molar-refractivity contribution is 7.80. The molecule has 0 aliphatic carbocycles. The maximum absolute atomic E-state index is 11.6. The first-order valence-electron chi connectivity index (χ1n) is 6.73. The smallest absolute Gasteiger partial charge is 0.250 e. The Morgan fingerprint density at radius 1 is 1.33 bits per heavy atom. The molecule has 0 aliphatic heterocycles. The van der Waals surface area contributed by atoms with Gasteiger partial charge >= 0.3 is 0 Å². The van der Waals surface area contributed by atoms with Gasteiger partial charge in [0.15, 0.2) is 5.11 Å². The number of hydrogen-bond donors (Lipinski definition) is 3. The molecule has 1 rings (SSSR count). The molecule has 7 heteroatoms. The van der Waals surface area contributed by atoms with Crippen molar-refractivity contribution in [2.24, 2.45) is 0 Å². The van der Waals surface area contributed by atoms with Crippen molar-refractivity contribution in [3.8, 4) is 0 Å². The number of nitrogens with one attached hydrogen (secondary N) is 3. The summed E-state index contributed by atoms with van der Waals surface area (Å²) in [5.74, 6) is -0.490. The van der Waals surface area contributed by atoms with Crippen molar-refractivity contribution in [2.45, 2.75) is 32.6 Å². The number of thiocarbonyl (C=S) groups is 1. The third kappa shape index (κ3) is 8.21. The number of carbonyl (C=O) groups is 2. The molecular weight excluding hydrogens is 306 g/mol. The molecule has 2 amide bonds. The van der Waals surface area contributed by atoms with Gasteiger partial charge in [0.2, 0.25) is 11.8 Å². The fourth-order valence-electron chi connectivity index (χ4n) is 1.45. The summed E-state index contributed by atoms with van der Waals surface area (Å²) in [6.45, 7) is 2.07. The van der Waals surface area contributed by atoms with Crippen LogP contribution in [-0.2, 0) is 9.59 Å². The average molecular weight is 325 g/mol. The van der Waals surface area contributed by atoms with E-state index in [4.69, 9.17) is 12.2 Å². The number of rotatable bonds is 6. The van der Waals surface area contributed by atoms with Crippen LogP contribution in [0.15, 0.2) is 23.6 Å². The third-order valence-electron chi connectivity index (χ3n) is 2.50. The molecule has 5 nitrogen and oxygen atoms in total. The number of thiophene rings is 1. The first kappa shape index (κ1) is 17.3. The fourth-order valence-corrected chi connectivity index (χ4v) is 2.22. The van der Waals surface area contributed by atoms with Gasteiger partial charge < -0.3 is 0 Å². The predicted octanol–water partition coefficient (Wildman–Crippen LogP) is 2.36. The second-order valence-corrected chi connectivity index (χ2v) is 5.68. The molecule has 0 radical (unpaired) electrons. The van der Waals surface area contributed by atoms with Crippen LogP contribution in [0.1, 0.15) is 37.5 Å². The molecule has 0 spiro atoms. The number of unbranched alkanes of at least 4 members (excludes halogenated alkanes) is 2. The predicted molar refractivity (Wildman–Crippen MR) is 89.5 cm³/mol. The lowest BCUT2D eigenvalue weighted by molar-refractivity contribution is -0.122. The van der Waals surface area contributed by atoms with Gasteiger partial charge in [-0.2, -0.15) is 0 Å². The Balaban J connectivity index is 2.21. The van der Waals surface area contributed by atoms with Crippen molar-refractivity contribution in [1.82, 2.24) is 16.2 Å². The maximum atomic E-state index is 11.6. The van der Waals surface area contributed by atoms with Gasteiger partial charge in [0, 0.05) is 17.4 Å². The summed E-state index contributed by atoms with van der Waals surface area (Å²) in [6, 6.07) is 3.81. The zero-order valence-corrected chi connectivity index (χ0v) is 13.5. The molecule has 0 unspecified atom stereocenters. The van der Waals surface area contributed by atoms with Crippen molar-refractivity contribution < 1.29 is 9.59 Å². The van der Waals surface area contributed by atoms with Crippen LogP contribution in [0.2, 0.25) is 0 Å². The molecule has 1 aromatic heterocycles. The van der Waals surface area contributed by atoms with Crippen LogP contribution in [0, 0.1) is 0 Å². The minimum atomic E-state index is -0.346. The quantitative estimate of drug-likeness (QED) is 0.325. The third-order valence-corrected chi connectivity index (χ3v) is 3.54. The van der Waals surface area contributed by atoms with E-state index in [0.29, 0.717) is 6.42 Å². The van der Waals surface area contributed by atoms with Gasteiger partial charge in [0.05, 0.1) is 0 Å². The molecule has 0 saturated heterocycles. The molecule has 21 heavy (non-hydrogen) atoms. The number of carbonyl (C=O) groups excluding carboxylic acids is 2. The summed E-state index contributed by atoms with van der Waals surface area (Å²) >= 11 is 6.44. The number of hydrogen-bond acceptors (Lipinski definition) is 4. The van der Waals surface area contributed by atoms with E-state index in [0.717, 1.165) is 24.1 Å². The molecule has 0 saturated carbocycles. The molecule has 1 heterocycles. The van der Waals surface area contributed by atoms with Crippen molar-refractivity contribution in [3.05, 3.63) is 28.5 Å². The summed E-state index contributed by atoms with van der Waals surface area (Å²) in [7, 11) is 0. The lowest BCUT2D eigenvalue weighted by atomic mass is 10.2. The summed E-state index contributed by atoms with van der Waals surface area (Å²) in [4.78, 5) is 24.0. The molecule has 0 fully saturated rings. The van der Waals surface area contributed by atoms with Crippen LogP contribution in [0.25, 0.3) is 6.08 Å². The Morgan fingerprint density at radius 2 is 2.14 bits per heavy atom. The van der Waals surface area contributed by atoms with Crippen molar-refractivity contribution in [1.29, 1.82) is 0 Å². The zero-order chi connectivity index (χ0) is 15.5. The highest BCUT2D eigenvalue weighted by Crippen LogP contribution is 2.09. The topological polar surface area (TPSA) is 70.2 Å². The van der Waals surface area contributed by atoms with Gasteiger partial charge in [-0.05, 0) is 36.2 Å². The van der Waals surface area contributed by atoms with Crippen LogP contribution < -0.4 is 16.2 Å². The number of hydrazine groups is 1. The van der Waals surface area contributed by atoms with Crippen LogP contribution in [0.3, 0.4) is 0 Å². The standard InChI is InChI=1S/C14H19N3O2S2/c1-2-3-4-7-13(19)16-17-14(20)15-12(18)9-8-11-6-5-10-21-11/h5-6,8-10H,2-4,7H2,1H3,(H,16,19)(H2,15,17,18,20). The van der Waals surface area contributed by atoms with E-state index in [-0.39, 0.29) is 16.9 Å². The lowest BCUT2D eigenvalue weighted by Crippen LogP contribution is -2.48. The highest BCUT2D eigenvalue weighted by atomic mass is 32.1. The Hall–Kier alpha value is -1.73. The van der Waals surface area contributed by atoms with Crippen molar-refractivity contribution in [2.75, 3.05) is 0 Å². The van der Waals surface area contributed by atoms with E-state index in [1.807, 2.05) is 17.5 Å². The highest BCUT2D eigenvalue weighted by Gasteiger charge is 2.03. The molecule has 1 aromatic rings. The molecule has 114 valence electrons. The molecule has 0 aliphatic rings. The first-order chi connectivity index (χ1) is 10.1. The Kier molecular flexibility index (Phi) is 8.30. The van der Waals surface area contributed by atoms with Gasteiger partial charge in [-0.15, -0.1) is 11.3 Å². The molecule has 3 N–H and O–H groups in total. The van der Waals surface area contributed by atoms with E-state index >= 15 is 0 Å². The van der Waals surface area contributed by atoms with E-state index in [1.165, 1.54) is 17.4 Å². The van der Waals surface area contributed by atoms with Gasteiger partial charge in [-0.3, -0.25) is 25.8 Å². The van der Waals surface area contributed by atoms with Gasteiger partial charge in [-0.1, -0.05) is 25.8 Å². The van der Waals surface area contributed by atoms with E-state index in [9.17, 15) is 9.59 Å². The second-order valence-electron chi connectivity index (χ2n) is 4.30. The zero-order valence-electron chi connectivity index (χ0n) is 11.8. The van der Waals surface area contributed by atoms with Crippen LogP contribution in [-0.4, -0.2) is 16.9 Å². The SMILES string of the molecule is CCCCCC(=O)NNC(=S)NC(=O)C=Cc1cccs1. The van der Waals surface area contributed by atoms with E-state index in [2.05, 4.69) is 23.1 Å². The normalized spacial score (nSPS) is 10.3. The van der Waals surface area contributed by atoms with Crippen LogP contribution in [0.5, 0.6) is 0 Å². The average Bonchev–Trinajstić information content (AvgIpc) is 2.96. The Labute approximate surface area is 133 Å². The van der Waals surface area contributed by atoms with E-state index < -0.39 is 0 Å². The summed E-state index contributed by atoms with van der Waals surface area (Å²) in [6.07, 6.45) is 6.45. The summed E-state index contributed by atoms with van der Waals surface area (Å²) in [5.41, 5.74) is 4.95. The van der Waals surface area contributed by atoms with Gasteiger partial charge in [0.1, 0.15) is 0 Å². The fraction of sp³-hybridized carbons (Fsp3) is 0.357. The van der Waals surface area contributed by atoms with Crippen LogP contribution in [0.4, 0.5) is 0 Å². The van der Waals surface area contributed by atoms with Crippen molar-refractivity contribution in [3.63, 3.8) is 0 Å². The minimum Gasteiger partial charge on any atom is -0.298 e. The maximum Gasteiger partial charge on any atom is 0.250 e. The first-order valence-corrected chi connectivity index (χ1v) is 8.02. The summed E-state index contributed by atoms with van der Waals surface area (Å²) < 4.78 is 0. The van der Waals surface area contributed by atoms with Gasteiger partial charge in [-0.25, -0.2) is 0 Å². The monoisotopic (exact) mass is 325 g/mol. The largest absolute Gasteiger partial charge is 0.298 e. The molecule has 0 bridgehead atoms. The number of amides is 2. The second kappa shape index (κ2) is 10.1. The Bertz CT molecular complexity index is 498. The molecule has 0 atom stereocenters. The molecular formula is C14H19N3O2S2. The summed E-state index contributed by atoms with van der Waals surface area (Å²) in [5, 5.41) is 4.45. The van der Waals surface area contributed by atoms with Crippen molar-refractivity contribution >= 4 is 46.6 Å². The van der Waals surface area contributed by atoms with Gasteiger partial charge in [0.25, 0.3) is 0 Å².